The van der Waals surface area contributed by atoms with Crippen molar-refractivity contribution in [1.29, 1.82) is 0 Å². The maximum atomic E-state index is 11.0. The lowest BCUT2D eigenvalue weighted by molar-refractivity contribution is -0.385. The second kappa shape index (κ2) is 5.26. The van der Waals surface area contributed by atoms with Crippen LogP contribution in [0.15, 0.2) is 12.1 Å². The van der Waals surface area contributed by atoms with E-state index in [1.54, 1.807) is 6.92 Å². The number of aromatic carboxylic acids is 1. The van der Waals surface area contributed by atoms with Gasteiger partial charge in [-0.25, -0.2) is 4.79 Å². The molecule has 0 fully saturated rings. The average molecular weight is 267 g/mol. The van der Waals surface area contributed by atoms with E-state index in [9.17, 15) is 14.9 Å². The average Bonchev–Trinajstić information content (AvgIpc) is 2.30. The Hall–Kier alpha value is -2.11. The number of benzene rings is 1. The summed E-state index contributed by atoms with van der Waals surface area (Å²) in [4.78, 5) is 21.3. The van der Waals surface area contributed by atoms with E-state index in [1.165, 1.54) is 6.07 Å². The van der Waals surface area contributed by atoms with E-state index in [1.807, 2.05) is 20.8 Å². The van der Waals surface area contributed by atoms with E-state index in [2.05, 4.69) is 0 Å². The zero-order valence-corrected chi connectivity index (χ0v) is 11.4. The molecule has 1 aromatic carbocycles. The topological polar surface area (TPSA) is 89.7 Å². The van der Waals surface area contributed by atoms with Gasteiger partial charge >= 0.3 is 5.97 Å². The monoisotopic (exact) mass is 267 g/mol. The highest BCUT2D eigenvalue weighted by Crippen LogP contribution is 2.32. The molecule has 0 heterocycles. The molecule has 0 saturated heterocycles. The molecular formula is C13H17NO5. The molecule has 0 radical (unpaired) electrons. The second-order valence-corrected chi connectivity index (χ2v) is 4.90. The lowest BCUT2D eigenvalue weighted by Crippen LogP contribution is -2.27. The van der Waals surface area contributed by atoms with E-state index >= 15 is 0 Å². The summed E-state index contributed by atoms with van der Waals surface area (Å²) in [5.74, 6) is -0.985. The first kappa shape index (κ1) is 14.9. The lowest BCUT2D eigenvalue weighted by atomic mass is 10.0. The summed E-state index contributed by atoms with van der Waals surface area (Å²) >= 11 is 0. The van der Waals surface area contributed by atoms with E-state index in [-0.39, 0.29) is 17.0 Å². The Morgan fingerprint density at radius 3 is 2.47 bits per heavy atom. The van der Waals surface area contributed by atoms with Crippen molar-refractivity contribution in [3.63, 3.8) is 0 Å². The van der Waals surface area contributed by atoms with Crippen molar-refractivity contribution < 1.29 is 19.6 Å². The molecule has 1 rings (SSSR count). The highest BCUT2D eigenvalue weighted by Gasteiger charge is 2.24. The highest BCUT2D eigenvalue weighted by atomic mass is 16.6. The lowest BCUT2D eigenvalue weighted by Gasteiger charge is -2.26. The highest BCUT2D eigenvalue weighted by molar-refractivity contribution is 5.89. The molecule has 104 valence electrons. The molecule has 6 heteroatoms. The van der Waals surface area contributed by atoms with Gasteiger partial charge in [0.2, 0.25) is 0 Å². The number of nitro benzene ring substituents is 1. The van der Waals surface area contributed by atoms with Crippen molar-refractivity contribution in [2.24, 2.45) is 0 Å². The molecule has 0 aromatic heterocycles. The van der Waals surface area contributed by atoms with Crippen LogP contribution in [0.3, 0.4) is 0 Å². The minimum absolute atomic E-state index is 0.154. The minimum atomic E-state index is -1.22. The van der Waals surface area contributed by atoms with E-state index in [4.69, 9.17) is 9.84 Å². The molecule has 0 amide bonds. The van der Waals surface area contributed by atoms with Gasteiger partial charge in [0.25, 0.3) is 5.69 Å². The van der Waals surface area contributed by atoms with E-state index in [0.29, 0.717) is 12.0 Å². The molecule has 19 heavy (non-hydrogen) atoms. The predicted molar refractivity (Wildman–Crippen MR) is 69.8 cm³/mol. The summed E-state index contributed by atoms with van der Waals surface area (Å²) in [5.41, 5.74) is -0.590. The maximum absolute atomic E-state index is 11.0. The third-order valence-corrected chi connectivity index (χ3v) is 3.01. The van der Waals surface area contributed by atoms with Crippen LogP contribution in [-0.2, 0) is 0 Å². The Morgan fingerprint density at radius 2 is 2.05 bits per heavy atom. The van der Waals surface area contributed by atoms with Crippen LogP contribution in [0.5, 0.6) is 5.75 Å². The van der Waals surface area contributed by atoms with Gasteiger partial charge in [-0.2, -0.15) is 0 Å². The summed E-state index contributed by atoms with van der Waals surface area (Å²) in [6, 6.07) is 2.37. The molecule has 1 aromatic rings. The zero-order chi connectivity index (χ0) is 14.8. The molecule has 0 saturated carbocycles. The fourth-order valence-electron chi connectivity index (χ4n) is 1.46. The van der Waals surface area contributed by atoms with Crippen molar-refractivity contribution in [1.82, 2.24) is 0 Å². The fraction of sp³-hybridized carbons (Fsp3) is 0.462. The summed E-state index contributed by atoms with van der Waals surface area (Å²) in [6.45, 7) is 7.15. The van der Waals surface area contributed by atoms with Crippen LogP contribution in [0.4, 0.5) is 5.69 Å². The van der Waals surface area contributed by atoms with Gasteiger partial charge in [-0.05, 0) is 33.3 Å². The van der Waals surface area contributed by atoms with E-state index in [0.717, 1.165) is 6.07 Å². The standard InChI is InChI=1S/C13H17NO5/c1-5-13(3,4)19-11-7-9(12(15)16)6-10(8(11)2)14(17)18/h6-7H,5H2,1-4H3,(H,15,16). The van der Waals surface area contributed by atoms with Gasteiger partial charge < -0.3 is 9.84 Å². The summed E-state index contributed by atoms with van der Waals surface area (Å²) in [7, 11) is 0. The van der Waals surface area contributed by atoms with Crippen LogP contribution < -0.4 is 4.74 Å². The Bertz CT molecular complexity index is 522. The number of rotatable bonds is 5. The predicted octanol–water partition coefficient (Wildman–Crippen LogP) is 3.17. The van der Waals surface area contributed by atoms with Crippen molar-refractivity contribution >= 4 is 11.7 Å². The number of hydrogen-bond acceptors (Lipinski definition) is 4. The number of carboxylic acid groups (broad SMARTS) is 1. The van der Waals surface area contributed by atoms with Gasteiger partial charge in [0.05, 0.1) is 16.1 Å². The summed E-state index contributed by atoms with van der Waals surface area (Å²) < 4.78 is 5.70. The smallest absolute Gasteiger partial charge is 0.336 e. The van der Waals surface area contributed by atoms with Crippen molar-refractivity contribution in [3.05, 3.63) is 33.4 Å². The molecule has 0 aliphatic rings. The number of nitrogens with zero attached hydrogens (tertiary/aromatic N) is 1. The third kappa shape index (κ3) is 3.43. The number of carbonyl (C=O) groups is 1. The maximum Gasteiger partial charge on any atom is 0.336 e. The minimum Gasteiger partial charge on any atom is -0.487 e. The molecule has 0 atom stereocenters. The first-order chi connectivity index (χ1) is 8.68. The van der Waals surface area contributed by atoms with Gasteiger partial charge in [0.1, 0.15) is 11.4 Å². The second-order valence-electron chi connectivity index (χ2n) is 4.90. The first-order valence-electron chi connectivity index (χ1n) is 5.89. The van der Waals surface area contributed by atoms with Crippen molar-refractivity contribution in [3.8, 4) is 5.75 Å². The Balaban J connectivity index is 3.37. The van der Waals surface area contributed by atoms with Gasteiger partial charge in [0.15, 0.2) is 0 Å². The summed E-state index contributed by atoms with van der Waals surface area (Å²) in [5, 5.41) is 19.9. The Kier molecular flexibility index (Phi) is 4.14. The number of ether oxygens (including phenoxy) is 1. The Morgan fingerprint density at radius 1 is 1.47 bits per heavy atom. The van der Waals surface area contributed by atoms with Gasteiger partial charge in [-0.15, -0.1) is 0 Å². The van der Waals surface area contributed by atoms with Gasteiger partial charge in [-0.3, -0.25) is 10.1 Å². The van der Waals surface area contributed by atoms with Crippen LogP contribution in [0, 0.1) is 17.0 Å². The molecule has 0 aliphatic carbocycles. The molecule has 0 bridgehead atoms. The number of carboxylic acids is 1. The molecule has 1 N–H and O–H groups in total. The van der Waals surface area contributed by atoms with Crippen LogP contribution in [0.1, 0.15) is 43.1 Å². The summed E-state index contributed by atoms with van der Waals surface area (Å²) in [6.07, 6.45) is 0.692. The van der Waals surface area contributed by atoms with Crippen molar-refractivity contribution in [2.75, 3.05) is 0 Å². The van der Waals surface area contributed by atoms with Crippen LogP contribution in [0.25, 0.3) is 0 Å². The van der Waals surface area contributed by atoms with Gasteiger partial charge in [-0.1, -0.05) is 6.92 Å². The normalized spacial score (nSPS) is 11.2. The molecule has 6 nitrogen and oxygen atoms in total. The zero-order valence-electron chi connectivity index (χ0n) is 11.4. The van der Waals surface area contributed by atoms with Gasteiger partial charge in [0, 0.05) is 6.07 Å². The van der Waals surface area contributed by atoms with Crippen molar-refractivity contribution in [2.45, 2.75) is 39.7 Å². The van der Waals surface area contributed by atoms with E-state index < -0.39 is 16.5 Å². The third-order valence-electron chi connectivity index (χ3n) is 3.01. The molecule has 0 unspecified atom stereocenters. The quantitative estimate of drug-likeness (QED) is 0.653. The largest absolute Gasteiger partial charge is 0.487 e. The molecular weight excluding hydrogens is 250 g/mol. The van der Waals surface area contributed by atoms with Crippen LogP contribution >= 0.6 is 0 Å². The number of hydrogen-bond donors (Lipinski definition) is 1. The SMILES string of the molecule is CCC(C)(C)Oc1cc(C(=O)O)cc([N+](=O)[O-])c1C. The molecule has 0 spiro atoms. The molecule has 0 aliphatic heterocycles. The fourth-order valence-corrected chi connectivity index (χ4v) is 1.46. The number of nitro groups is 1. The van der Waals surface area contributed by atoms with Crippen LogP contribution in [-0.4, -0.2) is 21.6 Å². The Labute approximate surface area is 111 Å². The van der Waals surface area contributed by atoms with Crippen LogP contribution in [0.2, 0.25) is 0 Å². The first-order valence-corrected chi connectivity index (χ1v) is 5.89.